The minimum atomic E-state index is -0.471. The Morgan fingerprint density at radius 1 is 1.03 bits per heavy atom. The van der Waals surface area contributed by atoms with Crippen LogP contribution in [0.2, 0.25) is 0 Å². The first-order chi connectivity index (χ1) is 15.1. The topological polar surface area (TPSA) is 70.6 Å². The van der Waals surface area contributed by atoms with Crippen LogP contribution in [-0.4, -0.2) is 37.7 Å². The van der Waals surface area contributed by atoms with E-state index in [0.29, 0.717) is 11.7 Å². The van der Waals surface area contributed by atoms with Crippen molar-refractivity contribution < 1.29 is 4.39 Å². The molecule has 1 aliphatic heterocycles. The van der Waals surface area contributed by atoms with Gasteiger partial charge in [-0.3, -0.25) is 10.1 Å². The number of rotatable bonds is 3. The standard InChI is InChI=1S/C24H25FN6/c1-15-6-4-3-5-13-31(15)22-14-19(17-7-8-21(25)28-16(17)2)18-9-11-26-24(23(18)29-22)20-10-12-27-30-20/h7-12,14-15H,3-6,13H2,1-2H3,(H,27,30)/t15-/m1/s1. The highest BCUT2D eigenvalue weighted by Gasteiger charge is 2.22. The summed E-state index contributed by atoms with van der Waals surface area (Å²) in [6.45, 7) is 5.08. The molecule has 1 fully saturated rings. The molecular weight excluding hydrogens is 391 g/mol. The van der Waals surface area contributed by atoms with Crippen molar-refractivity contribution >= 4 is 16.7 Å². The van der Waals surface area contributed by atoms with Crippen LogP contribution in [0.3, 0.4) is 0 Å². The normalized spacial score (nSPS) is 17.1. The number of nitrogens with one attached hydrogen (secondary N) is 1. The Morgan fingerprint density at radius 2 is 1.94 bits per heavy atom. The number of hydrogen-bond acceptors (Lipinski definition) is 5. The minimum Gasteiger partial charge on any atom is -0.354 e. The van der Waals surface area contributed by atoms with Crippen molar-refractivity contribution in [2.75, 3.05) is 11.4 Å². The molecule has 1 N–H and O–H groups in total. The average Bonchev–Trinajstić information content (AvgIpc) is 3.21. The van der Waals surface area contributed by atoms with Gasteiger partial charge in [0.2, 0.25) is 5.95 Å². The molecular formula is C24H25FN6. The van der Waals surface area contributed by atoms with Gasteiger partial charge >= 0.3 is 0 Å². The van der Waals surface area contributed by atoms with E-state index in [0.717, 1.165) is 58.6 Å². The van der Waals surface area contributed by atoms with Crippen LogP contribution in [0.25, 0.3) is 33.4 Å². The van der Waals surface area contributed by atoms with Gasteiger partial charge in [-0.1, -0.05) is 12.8 Å². The fraction of sp³-hybridized carbons (Fsp3) is 0.333. The van der Waals surface area contributed by atoms with Gasteiger partial charge in [-0.2, -0.15) is 9.49 Å². The molecule has 5 rings (SSSR count). The van der Waals surface area contributed by atoms with Crippen LogP contribution in [0.1, 0.15) is 38.3 Å². The molecule has 1 aliphatic rings. The van der Waals surface area contributed by atoms with Crippen LogP contribution in [0.5, 0.6) is 0 Å². The molecule has 1 saturated heterocycles. The number of fused-ring (bicyclic) bond motifs is 1. The lowest BCUT2D eigenvalue weighted by atomic mass is 9.99. The van der Waals surface area contributed by atoms with Gasteiger partial charge in [0.15, 0.2) is 0 Å². The van der Waals surface area contributed by atoms with Crippen molar-refractivity contribution in [2.24, 2.45) is 0 Å². The lowest BCUT2D eigenvalue weighted by Gasteiger charge is -2.29. The molecule has 7 heteroatoms. The summed E-state index contributed by atoms with van der Waals surface area (Å²) in [4.78, 5) is 16.2. The Kier molecular flexibility index (Phi) is 5.10. The molecule has 0 spiro atoms. The molecule has 0 aliphatic carbocycles. The summed E-state index contributed by atoms with van der Waals surface area (Å²) < 4.78 is 13.7. The van der Waals surface area contributed by atoms with Crippen LogP contribution in [-0.2, 0) is 0 Å². The van der Waals surface area contributed by atoms with Gasteiger partial charge < -0.3 is 4.90 Å². The molecule has 0 aromatic carbocycles. The fourth-order valence-corrected chi connectivity index (χ4v) is 4.52. The number of halogens is 1. The van der Waals surface area contributed by atoms with Crippen molar-refractivity contribution in [3.05, 3.63) is 54.4 Å². The largest absolute Gasteiger partial charge is 0.354 e. The highest BCUT2D eigenvalue weighted by atomic mass is 19.1. The summed E-state index contributed by atoms with van der Waals surface area (Å²) >= 11 is 0. The zero-order chi connectivity index (χ0) is 21.4. The number of pyridine rings is 3. The fourth-order valence-electron chi connectivity index (χ4n) is 4.52. The molecule has 4 aromatic rings. The molecule has 31 heavy (non-hydrogen) atoms. The van der Waals surface area contributed by atoms with Gasteiger partial charge in [0, 0.05) is 41.6 Å². The third-order valence-corrected chi connectivity index (χ3v) is 6.16. The van der Waals surface area contributed by atoms with E-state index >= 15 is 0 Å². The van der Waals surface area contributed by atoms with Crippen LogP contribution in [0, 0.1) is 12.9 Å². The molecule has 0 amide bonds. The lowest BCUT2D eigenvalue weighted by Crippen LogP contribution is -2.33. The Morgan fingerprint density at radius 3 is 2.74 bits per heavy atom. The molecule has 5 heterocycles. The van der Waals surface area contributed by atoms with E-state index in [-0.39, 0.29) is 0 Å². The molecule has 158 valence electrons. The van der Waals surface area contributed by atoms with Gasteiger partial charge in [0.1, 0.15) is 17.0 Å². The average molecular weight is 417 g/mol. The molecule has 6 nitrogen and oxygen atoms in total. The minimum absolute atomic E-state index is 0.403. The van der Waals surface area contributed by atoms with Crippen molar-refractivity contribution in [1.82, 2.24) is 25.1 Å². The van der Waals surface area contributed by atoms with Crippen molar-refractivity contribution in [3.63, 3.8) is 0 Å². The molecule has 0 saturated carbocycles. The number of nitrogens with zero attached hydrogens (tertiary/aromatic N) is 5. The number of aromatic amines is 1. The van der Waals surface area contributed by atoms with E-state index in [2.05, 4.69) is 38.1 Å². The van der Waals surface area contributed by atoms with Gasteiger partial charge in [0.05, 0.1) is 5.69 Å². The predicted molar refractivity (Wildman–Crippen MR) is 120 cm³/mol. The third kappa shape index (κ3) is 3.65. The highest BCUT2D eigenvalue weighted by Crippen LogP contribution is 2.37. The Hall–Kier alpha value is -3.35. The van der Waals surface area contributed by atoms with Crippen molar-refractivity contribution in [2.45, 2.75) is 45.6 Å². The van der Waals surface area contributed by atoms with E-state index in [1.54, 1.807) is 18.5 Å². The maximum Gasteiger partial charge on any atom is 0.213 e. The molecule has 0 bridgehead atoms. The zero-order valence-corrected chi connectivity index (χ0v) is 17.8. The summed E-state index contributed by atoms with van der Waals surface area (Å²) in [6, 6.07) is 9.62. The third-order valence-electron chi connectivity index (χ3n) is 6.16. The summed E-state index contributed by atoms with van der Waals surface area (Å²) in [5.74, 6) is 0.454. The second-order valence-corrected chi connectivity index (χ2v) is 8.21. The van der Waals surface area contributed by atoms with Crippen LogP contribution < -0.4 is 4.90 Å². The molecule has 1 atom stereocenters. The number of H-pyrrole nitrogens is 1. The van der Waals surface area contributed by atoms with Crippen LogP contribution >= 0.6 is 0 Å². The summed E-state index contributed by atoms with van der Waals surface area (Å²) in [5.41, 5.74) is 4.93. The van der Waals surface area contributed by atoms with E-state index in [1.807, 2.05) is 19.1 Å². The Balaban J connectivity index is 1.79. The van der Waals surface area contributed by atoms with E-state index in [4.69, 9.17) is 4.98 Å². The predicted octanol–water partition coefficient (Wildman–Crippen LogP) is 5.30. The van der Waals surface area contributed by atoms with Crippen molar-refractivity contribution in [1.29, 1.82) is 0 Å². The van der Waals surface area contributed by atoms with E-state index < -0.39 is 5.95 Å². The summed E-state index contributed by atoms with van der Waals surface area (Å²) in [7, 11) is 0. The monoisotopic (exact) mass is 416 g/mol. The smallest absolute Gasteiger partial charge is 0.213 e. The van der Waals surface area contributed by atoms with Crippen molar-refractivity contribution in [3.8, 4) is 22.5 Å². The SMILES string of the molecule is Cc1nc(F)ccc1-c1cc(N2CCCCC[C@H]2C)nc2c(-c3ccn[nH]3)nccc12. The van der Waals surface area contributed by atoms with Gasteiger partial charge in [0.25, 0.3) is 0 Å². The van der Waals surface area contributed by atoms with Gasteiger partial charge in [-0.05, 0) is 62.6 Å². The number of anilines is 1. The second-order valence-electron chi connectivity index (χ2n) is 8.21. The van der Waals surface area contributed by atoms with Gasteiger partial charge in [-0.25, -0.2) is 9.97 Å². The first kappa shape index (κ1) is 19.6. The zero-order valence-electron chi connectivity index (χ0n) is 17.8. The molecule has 4 aromatic heterocycles. The maximum absolute atomic E-state index is 13.7. The summed E-state index contributed by atoms with van der Waals surface area (Å²) in [6.07, 6.45) is 8.27. The first-order valence-corrected chi connectivity index (χ1v) is 10.8. The maximum atomic E-state index is 13.7. The van der Waals surface area contributed by atoms with Gasteiger partial charge in [-0.15, -0.1) is 0 Å². The molecule has 0 unspecified atom stereocenters. The van der Waals surface area contributed by atoms with E-state index in [9.17, 15) is 4.39 Å². The second kappa shape index (κ2) is 8.06. The Labute approximate surface area is 180 Å². The van der Waals surface area contributed by atoms with Crippen LogP contribution in [0.15, 0.2) is 42.7 Å². The first-order valence-electron chi connectivity index (χ1n) is 10.8. The number of hydrogen-bond donors (Lipinski definition) is 1. The molecule has 0 radical (unpaired) electrons. The highest BCUT2D eigenvalue weighted by molar-refractivity contribution is 6.01. The van der Waals surface area contributed by atoms with E-state index in [1.165, 1.54) is 18.9 Å². The Bertz CT molecular complexity index is 1220. The number of aromatic nitrogens is 5. The van der Waals surface area contributed by atoms with Crippen LogP contribution in [0.4, 0.5) is 10.2 Å². The summed E-state index contributed by atoms with van der Waals surface area (Å²) in [5, 5.41) is 8.07. The number of aryl methyl sites for hydroxylation is 1. The lowest BCUT2D eigenvalue weighted by molar-refractivity contribution is 0.580. The quantitative estimate of drug-likeness (QED) is 0.459.